The number of nitrogens with zero attached hydrogens (tertiary/aromatic N) is 2. The topological polar surface area (TPSA) is 61.0 Å². The van der Waals surface area contributed by atoms with Crippen LogP contribution in [-0.2, 0) is 11.3 Å². The van der Waals surface area contributed by atoms with Gasteiger partial charge in [-0.2, -0.15) is 5.10 Å². The molecule has 0 spiro atoms. The summed E-state index contributed by atoms with van der Waals surface area (Å²) < 4.78 is 0. The molecule has 0 radical (unpaired) electrons. The van der Waals surface area contributed by atoms with Crippen LogP contribution in [0.25, 0.3) is 0 Å². The minimum absolute atomic E-state index is 0.143. The summed E-state index contributed by atoms with van der Waals surface area (Å²) in [7, 11) is 1.98. The molecule has 1 aromatic rings. The molecule has 1 saturated carbocycles. The first-order valence-electron chi connectivity index (χ1n) is 8.12. The van der Waals surface area contributed by atoms with Gasteiger partial charge in [0.2, 0.25) is 5.91 Å². The average Bonchev–Trinajstić information content (AvgIpc) is 2.78. The molecule has 0 bridgehead atoms. The van der Waals surface area contributed by atoms with E-state index in [1.165, 1.54) is 32.1 Å². The molecule has 2 N–H and O–H groups in total. The molecule has 1 aliphatic carbocycles. The average molecular weight is 292 g/mol. The van der Waals surface area contributed by atoms with Gasteiger partial charge in [-0.05, 0) is 26.8 Å². The molecular formula is C16H28N4O. The van der Waals surface area contributed by atoms with Crippen LogP contribution in [-0.4, -0.2) is 40.6 Å². The van der Waals surface area contributed by atoms with Gasteiger partial charge in [0, 0.05) is 23.8 Å². The number of amides is 1. The predicted molar refractivity (Wildman–Crippen MR) is 83.9 cm³/mol. The Morgan fingerprint density at radius 2 is 2.00 bits per heavy atom. The van der Waals surface area contributed by atoms with E-state index in [2.05, 4.69) is 15.5 Å². The number of rotatable bonds is 5. The van der Waals surface area contributed by atoms with E-state index in [-0.39, 0.29) is 5.91 Å². The smallest absolute Gasteiger partial charge is 0.234 e. The maximum absolute atomic E-state index is 12.2. The van der Waals surface area contributed by atoms with Crippen LogP contribution in [0.3, 0.4) is 0 Å². The first kappa shape index (κ1) is 16.0. The van der Waals surface area contributed by atoms with E-state index in [0.717, 1.165) is 30.6 Å². The Balaban J connectivity index is 1.73. The van der Waals surface area contributed by atoms with Crippen molar-refractivity contribution in [2.45, 2.75) is 64.5 Å². The molecule has 1 fully saturated rings. The molecule has 1 heterocycles. The second-order valence-corrected chi connectivity index (χ2v) is 6.30. The zero-order valence-corrected chi connectivity index (χ0v) is 13.3. The number of aryl methyl sites for hydroxylation is 1. The summed E-state index contributed by atoms with van der Waals surface area (Å²) in [6, 6.07) is 0.377. The molecular weight excluding hydrogens is 264 g/mol. The Kier molecular flexibility index (Phi) is 6.23. The molecule has 1 aromatic heterocycles. The van der Waals surface area contributed by atoms with Gasteiger partial charge in [0.1, 0.15) is 0 Å². The highest BCUT2D eigenvalue weighted by Gasteiger charge is 2.15. The van der Waals surface area contributed by atoms with Crippen molar-refractivity contribution in [3.63, 3.8) is 0 Å². The van der Waals surface area contributed by atoms with Crippen LogP contribution in [0, 0.1) is 6.92 Å². The summed E-state index contributed by atoms with van der Waals surface area (Å²) >= 11 is 0. The van der Waals surface area contributed by atoms with Crippen LogP contribution in [0.4, 0.5) is 0 Å². The van der Waals surface area contributed by atoms with Gasteiger partial charge in [0.15, 0.2) is 0 Å². The molecule has 0 saturated heterocycles. The molecule has 1 aliphatic rings. The standard InChI is InChI=1S/C16H28N4O/c1-13-14(10-17-19-13)11-20(2)12-16(21)18-15-8-6-4-3-5-7-9-15/h10,15H,3-9,11-12H2,1-2H3,(H,17,19)(H,18,21). The highest BCUT2D eigenvalue weighted by molar-refractivity contribution is 5.78. The van der Waals surface area contributed by atoms with Crippen LogP contribution in [0.5, 0.6) is 0 Å². The van der Waals surface area contributed by atoms with Crippen LogP contribution < -0.4 is 5.32 Å². The van der Waals surface area contributed by atoms with Crippen molar-refractivity contribution in [2.24, 2.45) is 0 Å². The van der Waals surface area contributed by atoms with Crippen molar-refractivity contribution in [2.75, 3.05) is 13.6 Å². The van der Waals surface area contributed by atoms with E-state index in [4.69, 9.17) is 0 Å². The van der Waals surface area contributed by atoms with E-state index >= 15 is 0 Å². The highest BCUT2D eigenvalue weighted by atomic mass is 16.2. The van der Waals surface area contributed by atoms with Crippen LogP contribution >= 0.6 is 0 Å². The molecule has 0 aromatic carbocycles. The molecule has 5 nitrogen and oxygen atoms in total. The fourth-order valence-electron chi connectivity index (χ4n) is 3.00. The zero-order valence-electron chi connectivity index (χ0n) is 13.3. The fourth-order valence-corrected chi connectivity index (χ4v) is 3.00. The maximum atomic E-state index is 12.2. The number of H-pyrrole nitrogens is 1. The third-order valence-corrected chi connectivity index (χ3v) is 4.26. The van der Waals surface area contributed by atoms with Gasteiger partial charge < -0.3 is 5.32 Å². The normalized spacial score (nSPS) is 17.5. The van der Waals surface area contributed by atoms with Gasteiger partial charge >= 0.3 is 0 Å². The molecule has 0 unspecified atom stereocenters. The lowest BCUT2D eigenvalue weighted by atomic mass is 9.97. The molecule has 118 valence electrons. The Bertz CT molecular complexity index is 435. The number of likely N-dealkylation sites (N-methyl/N-ethyl adjacent to an activating group) is 1. The minimum Gasteiger partial charge on any atom is -0.352 e. The summed E-state index contributed by atoms with van der Waals surface area (Å²) in [5.74, 6) is 0.143. The van der Waals surface area contributed by atoms with Crippen LogP contribution in [0.2, 0.25) is 0 Å². The second-order valence-electron chi connectivity index (χ2n) is 6.30. The van der Waals surface area contributed by atoms with Crippen molar-refractivity contribution < 1.29 is 4.79 Å². The minimum atomic E-state index is 0.143. The summed E-state index contributed by atoms with van der Waals surface area (Å²) in [4.78, 5) is 14.2. The highest BCUT2D eigenvalue weighted by Crippen LogP contribution is 2.17. The fraction of sp³-hybridized carbons (Fsp3) is 0.750. The largest absolute Gasteiger partial charge is 0.352 e. The second kappa shape index (κ2) is 8.17. The van der Waals surface area contributed by atoms with Crippen molar-refractivity contribution in [1.82, 2.24) is 20.4 Å². The van der Waals surface area contributed by atoms with Crippen LogP contribution in [0.15, 0.2) is 6.20 Å². The summed E-state index contributed by atoms with van der Waals surface area (Å²) in [5.41, 5.74) is 2.22. The molecule has 0 aliphatic heterocycles. The third-order valence-electron chi connectivity index (χ3n) is 4.26. The van der Waals surface area contributed by atoms with Crippen molar-refractivity contribution >= 4 is 5.91 Å². The van der Waals surface area contributed by atoms with Gasteiger partial charge in [0.05, 0.1) is 12.7 Å². The Morgan fingerprint density at radius 1 is 1.33 bits per heavy atom. The van der Waals surface area contributed by atoms with Crippen molar-refractivity contribution in [1.29, 1.82) is 0 Å². The first-order valence-corrected chi connectivity index (χ1v) is 8.12. The quantitative estimate of drug-likeness (QED) is 0.876. The number of carbonyl (C=O) groups is 1. The molecule has 5 heteroatoms. The molecule has 2 rings (SSSR count). The molecule has 21 heavy (non-hydrogen) atoms. The van der Waals surface area contributed by atoms with Crippen molar-refractivity contribution in [3.05, 3.63) is 17.5 Å². The van der Waals surface area contributed by atoms with Gasteiger partial charge in [-0.1, -0.05) is 32.1 Å². The maximum Gasteiger partial charge on any atom is 0.234 e. The SMILES string of the molecule is Cc1[nH]ncc1CN(C)CC(=O)NC1CCCCCCC1. The lowest BCUT2D eigenvalue weighted by molar-refractivity contribution is -0.122. The summed E-state index contributed by atoms with van der Waals surface area (Å²) in [5, 5.41) is 10.2. The monoisotopic (exact) mass is 292 g/mol. The van der Waals surface area contributed by atoms with Gasteiger partial charge in [0.25, 0.3) is 0 Å². The summed E-state index contributed by atoms with van der Waals surface area (Å²) in [6.45, 7) is 3.20. The number of hydrogen-bond donors (Lipinski definition) is 2. The lowest BCUT2D eigenvalue weighted by Crippen LogP contribution is -2.41. The van der Waals surface area contributed by atoms with E-state index in [1.807, 2.05) is 25.1 Å². The molecule has 1 amide bonds. The van der Waals surface area contributed by atoms with Gasteiger partial charge in [-0.3, -0.25) is 14.8 Å². The predicted octanol–water partition coefficient (Wildman–Crippen LogP) is 2.38. The third kappa shape index (κ3) is 5.50. The Morgan fingerprint density at radius 3 is 2.62 bits per heavy atom. The van der Waals surface area contributed by atoms with E-state index in [1.54, 1.807) is 0 Å². The van der Waals surface area contributed by atoms with Crippen LogP contribution in [0.1, 0.15) is 56.2 Å². The van der Waals surface area contributed by atoms with E-state index < -0.39 is 0 Å². The first-order chi connectivity index (χ1) is 10.1. The number of hydrogen-bond acceptors (Lipinski definition) is 3. The Hall–Kier alpha value is -1.36. The van der Waals surface area contributed by atoms with Gasteiger partial charge in [-0.15, -0.1) is 0 Å². The van der Waals surface area contributed by atoms with E-state index in [9.17, 15) is 4.79 Å². The lowest BCUT2D eigenvalue weighted by Gasteiger charge is -2.23. The van der Waals surface area contributed by atoms with Gasteiger partial charge in [-0.25, -0.2) is 0 Å². The summed E-state index contributed by atoms with van der Waals surface area (Å²) in [6.07, 6.45) is 10.6. The molecule has 0 atom stereocenters. The Labute approximate surface area is 127 Å². The van der Waals surface area contributed by atoms with Crippen molar-refractivity contribution in [3.8, 4) is 0 Å². The number of nitrogens with one attached hydrogen (secondary N) is 2. The number of aromatic amines is 1. The zero-order chi connectivity index (χ0) is 15.1. The van der Waals surface area contributed by atoms with E-state index in [0.29, 0.717) is 12.6 Å². The number of aromatic nitrogens is 2. The number of carbonyl (C=O) groups excluding carboxylic acids is 1.